The first kappa shape index (κ1) is 12.4. The molecule has 0 saturated heterocycles. The quantitative estimate of drug-likeness (QED) is 0.767. The Morgan fingerprint density at radius 1 is 0.950 bits per heavy atom. The van der Waals surface area contributed by atoms with Crippen LogP contribution < -0.4 is 0 Å². The molecule has 0 spiro atoms. The van der Waals surface area contributed by atoms with E-state index in [2.05, 4.69) is 16.2 Å². The van der Waals surface area contributed by atoms with Crippen molar-refractivity contribution in [2.24, 2.45) is 0 Å². The predicted octanol–water partition coefficient (Wildman–Crippen LogP) is 3.73. The Balaban J connectivity index is 2.02. The number of benzene rings is 2. The van der Waals surface area contributed by atoms with Gasteiger partial charge in [-0.15, -0.1) is 0 Å². The Labute approximate surface area is 116 Å². The van der Waals surface area contributed by atoms with Crippen LogP contribution in [0.4, 0.5) is 0 Å². The van der Waals surface area contributed by atoms with Crippen LogP contribution >= 0.6 is 0 Å². The Kier molecular flexibility index (Phi) is 2.99. The van der Waals surface area contributed by atoms with Gasteiger partial charge in [0.15, 0.2) is 0 Å². The van der Waals surface area contributed by atoms with Gasteiger partial charge in [-0.3, -0.25) is 0 Å². The lowest BCUT2D eigenvalue weighted by Crippen LogP contribution is -1.83. The van der Waals surface area contributed by atoms with Crippen LogP contribution in [0, 0.1) is 13.8 Å². The van der Waals surface area contributed by atoms with Gasteiger partial charge in [0, 0.05) is 11.1 Å². The number of aryl methyl sites for hydroxylation is 2. The van der Waals surface area contributed by atoms with E-state index in [-0.39, 0.29) is 5.75 Å². The summed E-state index contributed by atoms with van der Waals surface area (Å²) in [6, 6.07) is 12.9. The molecule has 3 rings (SSSR count). The van der Waals surface area contributed by atoms with Crippen molar-refractivity contribution in [2.45, 2.75) is 13.8 Å². The summed E-state index contributed by atoms with van der Waals surface area (Å²) in [5.74, 6) is 1.13. The molecule has 1 N–H and O–H groups in total. The molecule has 3 aromatic rings. The molecule has 1 aromatic heterocycles. The molecule has 0 fully saturated rings. The van der Waals surface area contributed by atoms with E-state index in [1.165, 1.54) is 0 Å². The molecule has 0 unspecified atom stereocenters. The van der Waals surface area contributed by atoms with E-state index in [1.54, 1.807) is 18.2 Å². The molecule has 20 heavy (non-hydrogen) atoms. The van der Waals surface area contributed by atoms with Crippen molar-refractivity contribution in [3.8, 4) is 28.6 Å². The number of rotatable bonds is 2. The second-order valence-corrected chi connectivity index (χ2v) is 4.85. The minimum absolute atomic E-state index is 0.181. The number of aromatic hydroxyl groups is 1. The second-order valence-electron chi connectivity index (χ2n) is 4.85. The normalized spacial score (nSPS) is 10.7. The zero-order valence-electron chi connectivity index (χ0n) is 11.3. The van der Waals surface area contributed by atoms with Crippen molar-refractivity contribution in [1.29, 1.82) is 0 Å². The van der Waals surface area contributed by atoms with Gasteiger partial charge in [0.05, 0.1) is 0 Å². The standard InChI is InChI=1S/C16H14N2O2/c1-10-6-11(2)8-13(7-10)16-17-15(18-20-16)12-4-3-5-14(19)9-12/h3-9,19H,1-2H3. The minimum atomic E-state index is 0.181. The molecule has 0 radical (unpaired) electrons. The maximum absolute atomic E-state index is 9.48. The van der Waals surface area contributed by atoms with Crippen molar-refractivity contribution in [3.05, 3.63) is 53.6 Å². The summed E-state index contributed by atoms with van der Waals surface area (Å²) in [6.45, 7) is 4.06. The van der Waals surface area contributed by atoms with Crippen molar-refractivity contribution < 1.29 is 9.63 Å². The lowest BCUT2D eigenvalue weighted by atomic mass is 10.1. The van der Waals surface area contributed by atoms with Gasteiger partial charge in [-0.2, -0.15) is 4.98 Å². The van der Waals surface area contributed by atoms with Crippen LogP contribution in [0.1, 0.15) is 11.1 Å². The predicted molar refractivity (Wildman–Crippen MR) is 76.3 cm³/mol. The third-order valence-corrected chi connectivity index (χ3v) is 3.00. The number of hydrogen-bond acceptors (Lipinski definition) is 4. The van der Waals surface area contributed by atoms with Gasteiger partial charge in [-0.1, -0.05) is 34.5 Å². The van der Waals surface area contributed by atoms with Gasteiger partial charge in [-0.05, 0) is 38.1 Å². The Morgan fingerprint density at radius 2 is 1.70 bits per heavy atom. The van der Waals surface area contributed by atoms with Gasteiger partial charge in [0.25, 0.3) is 5.89 Å². The number of phenolic OH excluding ortho intramolecular Hbond substituents is 1. The molecule has 0 saturated carbocycles. The molecule has 0 atom stereocenters. The summed E-state index contributed by atoms with van der Waals surface area (Å²) in [5.41, 5.74) is 3.93. The summed E-state index contributed by atoms with van der Waals surface area (Å²) in [4.78, 5) is 4.39. The first-order chi connectivity index (χ1) is 9.61. The molecule has 100 valence electrons. The van der Waals surface area contributed by atoms with Gasteiger partial charge in [0.2, 0.25) is 5.82 Å². The molecule has 2 aromatic carbocycles. The Bertz CT molecular complexity index is 742. The van der Waals surface area contributed by atoms with Crippen LogP contribution in [-0.2, 0) is 0 Å². The van der Waals surface area contributed by atoms with Crippen LogP contribution in [-0.4, -0.2) is 15.2 Å². The van der Waals surface area contributed by atoms with Gasteiger partial charge in [0.1, 0.15) is 5.75 Å². The van der Waals surface area contributed by atoms with E-state index in [0.29, 0.717) is 11.7 Å². The number of hydrogen-bond donors (Lipinski definition) is 1. The number of aromatic nitrogens is 2. The molecule has 0 amide bonds. The fourth-order valence-corrected chi connectivity index (χ4v) is 2.20. The number of phenols is 1. The average Bonchev–Trinajstić information content (AvgIpc) is 2.87. The zero-order valence-corrected chi connectivity index (χ0v) is 11.3. The highest BCUT2D eigenvalue weighted by atomic mass is 16.5. The maximum atomic E-state index is 9.48. The molecule has 0 aliphatic heterocycles. The van der Waals surface area contributed by atoms with Crippen molar-refractivity contribution >= 4 is 0 Å². The van der Waals surface area contributed by atoms with E-state index in [4.69, 9.17) is 4.52 Å². The fraction of sp³-hybridized carbons (Fsp3) is 0.125. The average molecular weight is 266 g/mol. The van der Waals surface area contributed by atoms with E-state index in [0.717, 1.165) is 22.3 Å². The Hall–Kier alpha value is -2.62. The molecule has 4 nitrogen and oxygen atoms in total. The van der Waals surface area contributed by atoms with E-state index >= 15 is 0 Å². The highest BCUT2D eigenvalue weighted by molar-refractivity contribution is 5.61. The lowest BCUT2D eigenvalue weighted by Gasteiger charge is -1.99. The van der Waals surface area contributed by atoms with Crippen molar-refractivity contribution in [3.63, 3.8) is 0 Å². The third kappa shape index (κ3) is 2.40. The molecular weight excluding hydrogens is 252 g/mol. The molecule has 0 aliphatic rings. The summed E-state index contributed by atoms with van der Waals surface area (Å²) in [5, 5.41) is 13.5. The summed E-state index contributed by atoms with van der Waals surface area (Å²) >= 11 is 0. The minimum Gasteiger partial charge on any atom is -0.508 e. The monoisotopic (exact) mass is 266 g/mol. The van der Waals surface area contributed by atoms with E-state index < -0.39 is 0 Å². The van der Waals surface area contributed by atoms with Crippen LogP contribution in [0.25, 0.3) is 22.8 Å². The topological polar surface area (TPSA) is 59.2 Å². The van der Waals surface area contributed by atoms with Crippen LogP contribution in [0.2, 0.25) is 0 Å². The lowest BCUT2D eigenvalue weighted by molar-refractivity contribution is 0.432. The van der Waals surface area contributed by atoms with Crippen LogP contribution in [0.3, 0.4) is 0 Å². The van der Waals surface area contributed by atoms with Gasteiger partial charge < -0.3 is 9.63 Å². The molecule has 0 aliphatic carbocycles. The Morgan fingerprint density at radius 3 is 2.40 bits per heavy atom. The zero-order chi connectivity index (χ0) is 14.1. The molecule has 0 bridgehead atoms. The number of nitrogens with zero attached hydrogens (tertiary/aromatic N) is 2. The summed E-state index contributed by atoms with van der Waals surface area (Å²) in [7, 11) is 0. The second kappa shape index (κ2) is 4.81. The summed E-state index contributed by atoms with van der Waals surface area (Å²) in [6.07, 6.45) is 0. The van der Waals surface area contributed by atoms with Crippen LogP contribution in [0.15, 0.2) is 47.0 Å². The highest BCUT2D eigenvalue weighted by Crippen LogP contribution is 2.25. The summed E-state index contributed by atoms with van der Waals surface area (Å²) < 4.78 is 5.31. The van der Waals surface area contributed by atoms with E-state index in [9.17, 15) is 5.11 Å². The molecule has 4 heteroatoms. The first-order valence-corrected chi connectivity index (χ1v) is 6.33. The van der Waals surface area contributed by atoms with E-state index in [1.807, 2.05) is 32.0 Å². The largest absolute Gasteiger partial charge is 0.508 e. The highest BCUT2D eigenvalue weighted by Gasteiger charge is 2.11. The first-order valence-electron chi connectivity index (χ1n) is 6.33. The van der Waals surface area contributed by atoms with Crippen LogP contribution in [0.5, 0.6) is 5.75 Å². The maximum Gasteiger partial charge on any atom is 0.258 e. The fourth-order valence-electron chi connectivity index (χ4n) is 2.20. The smallest absolute Gasteiger partial charge is 0.258 e. The third-order valence-electron chi connectivity index (χ3n) is 3.00. The SMILES string of the molecule is Cc1cc(C)cc(-c2nc(-c3cccc(O)c3)no2)c1. The van der Waals surface area contributed by atoms with Gasteiger partial charge in [-0.25, -0.2) is 0 Å². The van der Waals surface area contributed by atoms with Gasteiger partial charge >= 0.3 is 0 Å². The van der Waals surface area contributed by atoms with Crippen molar-refractivity contribution in [1.82, 2.24) is 10.1 Å². The molecule has 1 heterocycles. The molecular formula is C16H14N2O2. The van der Waals surface area contributed by atoms with Crippen molar-refractivity contribution in [2.75, 3.05) is 0 Å².